The van der Waals surface area contributed by atoms with Gasteiger partial charge in [0, 0.05) is 17.1 Å². The zero-order chi connectivity index (χ0) is 18.9. The number of thioether (sulfide) groups is 1. The van der Waals surface area contributed by atoms with Crippen molar-refractivity contribution >= 4 is 21.6 Å². The Labute approximate surface area is 157 Å². The molecule has 1 fully saturated rings. The zero-order valence-corrected chi connectivity index (χ0v) is 16.2. The molecule has 1 heterocycles. The number of phenolic OH excluding ortho intramolecular Hbond substituents is 1. The molecule has 1 aliphatic rings. The lowest BCUT2D eigenvalue weighted by Crippen LogP contribution is -2.42. The molecule has 0 saturated carbocycles. The second-order valence-corrected chi connectivity index (χ2v) is 10.00. The number of rotatable bonds is 4. The second kappa shape index (κ2) is 7.21. The third-order valence-corrected chi connectivity index (χ3v) is 8.17. The normalized spacial score (nSPS) is 23.7. The molecule has 3 rings (SSSR count). The Kier molecular flexibility index (Phi) is 5.33. The lowest BCUT2D eigenvalue weighted by Gasteiger charge is -2.38. The first-order valence-corrected chi connectivity index (χ1v) is 11.0. The Morgan fingerprint density at radius 1 is 1.27 bits per heavy atom. The van der Waals surface area contributed by atoms with E-state index in [1.54, 1.807) is 13.0 Å². The van der Waals surface area contributed by atoms with E-state index in [0.717, 1.165) is 4.90 Å². The Morgan fingerprint density at radius 3 is 2.69 bits per heavy atom. The second-order valence-electron chi connectivity index (χ2n) is 6.65. The predicted octanol–water partition coefficient (Wildman–Crippen LogP) is 4.34. The van der Waals surface area contributed by atoms with E-state index in [1.807, 2.05) is 12.3 Å². The summed E-state index contributed by atoms with van der Waals surface area (Å²) >= 11 is 1.44. The molecule has 1 N–H and O–H groups in total. The predicted molar refractivity (Wildman–Crippen MR) is 99.8 cm³/mol. The highest BCUT2D eigenvalue weighted by molar-refractivity contribution is 7.98. The number of benzene rings is 2. The average Bonchev–Trinajstić information content (AvgIpc) is 2.61. The molecule has 2 aromatic carbocycles. The highest BCUT2D eigenvalue weighted by atomic mass is 32.2. The molecule has 140 valence electrons. The van der Waals surface area contributed by atoms with Crippen molar-refractivity contribution in [2.24, 2.45) is 0 Å². The largest absolute Gasteiger partial charge is 0.508 e. The van der Waals surface area contributed by atoms with Gasteiger partial charge in [0.15, 0.2) is 9.84 Å². The van der Waals surface area contributed by atoms with Crippen molar-refractivity contribution in [3.8, 4) is 5.75 Å². The van der Waals surface area contributed by atoms with Crippen LogP contribution in [0.25, 0.3) is 0 Å². The van der Waals surface area contributed by atoms with E-state index in [4.69, 9.17) is 4.74 Å². The molecular weight excluding hydrogens is 375 g/mol. The molecule has 1 aliphatic heterocycles. The summed E-state index contributed by atoms with van der Waals surface area (Å²) in [5.41, 5.74) is 0.375. The van der Waals surface area contributed by atoms with Crippen LogP contribution in [-0.4, -0.2) is 31.1 Å². The molecule has 1 saturated heterocycles. The molecule has 2 atom stereocenters. The van der Waals surface area contributed by atoms with Crippen LogP contribution < -0.4 is 0 Å². The van der Waals surface area contributed by atoms with Crippen molar-refractivity contribution in [3.05, 3.63) is 53.8 Å². The summed E-state index contributed by atoms with van der Waals surface area (Å²) in [6.07, 6.45) is 1.70. The van der Waals surface area contributed by atoms with E-state index < -0.39 is 20.7 Å². The van der Waals surface area contributed by atoms with E-state index in [2.05, 4.69) is 0 Å². The fourth-order valence-corrected chi connectivity index (χ4v) is 5.50. The van der Waals surface area contributed by atoms with Crippen LogP contribution in [0.3, 0.4) is 0 Å². The molecule has 0 amide bonds. The van der Waals surface area contributed by atoms with Gasteiger partial charge in [-0.25, -0.2) is 12.8 Å². The monoisotopic (exact) mass is 396 g/mol. The standard InChI is InChI=1S/C19H21FO4S2/c1-19(26(22,23)15-5-3-4-13(21)10-15)8-9-24-18(12-19)16-7-6-14(25-2)11-17(16)20/h3-7,10-11,18,21H,8-9,12H2,1-2H3. The molecule has 2 aromatic rings. The van der Waals surface area contributed by atoms with E-state index in [0.29, 0.717) is 12.0 Å². The summed E-state index contributed by atoms with van der Waals surface area (Å²) in [6, 6.07) is 10.6. The highest BCUT2D eigenvalue weighted by Crippen LogP contribution is 2.43. The molecule has 0 aromatic heterocycles. The summed E-state index contributed by atoms with van der Waals surface area (Å²) in [5, 5.41) is 9.63. The van der Waals surface area contributed by atoms with Gasteiger partial charge in [-0.2, -0.15) is 0 Å². The molecular formula is C19H21FO4S2. The van der Waals surface area contributed by atoms with Gasteiger partial charge in [0.25, 0.3) is 0 Å². The van der Waals surface area contributed by atoms with Crippen molar-refractivity contribution < 1.29 is 22.7 Å². The average molecular weight is 397 g/mol. The van der Waals surface area contributed by atoms with Crippen molar-refractivity contribution in [2.75, 3.05) is 12.9 Å². The quantitative estimate of drug-likeness (QED) is 0.779. The lowest BCUT2D eigenvalue weighted by molar-refractivity contribution is -0.00168. The summed E-state index contributed by atoms with van der Waals surface area (Å²) < 4.78 is 45.4. The van der Waals surface area contributed by atoms with Crippen LogP contribution in [0.5, 0.6) is 5.75 Å². The number of hydrogen-bond donors (Lipinski definition) is 1. The van der Waals surface area contributed by atoms with Crippen molar-refractivity contribution in [3.63, 3.8) is 0 Å². The van der Waals surface area contributed by atoms with Crippen LogP contribution in [0, 0.1) is 5.82 Å². The SMILES string of the molecule is CSc1ccc(C2CC(C)(S(=O)(=O)c3cccc(O)c3)CCO2)c(F)c1. The minimum Gasteiger partial charge on any atom is -0.508 e. The molecule has 0 bridgehead atoms. The maximum atomic E-state index is 14.5. The summed E-state index contributed by atoms with van der Waals surface area (Å²) in [6.45, 7) is 1.89. The maximum absolute atomic E-state index is 14.5. The van der Waals surface area contributed by atoms with Gasteiger partial charge in [0.05, 0.1) is 15.7 Å². The van der Waals surface area contributed by atoms with Crippen LogP contribution in [0.1, 0.15) is 31.4 Å². The van der Waals surface area contributed by atoms with E-state index >= 15 is 0 Å². The molecule has 0 radical (unpaired) electrons. The summed E-state index contributed by atoms with van der Waals surface area (Å²) in [7, 11) is -3.72. The highest BCUT2D eigenvalue weighted by Gasteiger charge is 2.45. The fourth-order valence-electron chi connectivity index (χ4n) is 3.25. The number of aromatic hydroxyl groups is 1. The van der Waals surface area contributed by atoms with Gasteiger partial charge >= 0.3 is 0 Å². The van der Waals surface area contributed by atoms with Crippen molar-refractivity contribution in [1.82, 2.24) is 0 Å². The Morgan fingerprint density at radius 2 is 2.04 bits per heavy atom. The Balaban J connectivity index is 1.94. The lowest BCUT2D eigenvalue weighted by atomic mass is 9.92. The molecule has 0 aliphatic carbocycles. The van der Waals surface area contributed by atoms with Gasteiger partial charge in [0.1, 0.15) is 11.6 Å². The number of hydrogen-bond acceptors (Lipinski definition) is 5. The first-order chi connectivity index (χ1) is 12.3. The topological polar surface area (TPSA) is 63.6 Å². The minimum absolute atomic E-state index is 0.0684. The van der Waals surface area contributed by atoms with E-state index in [1.165, 1.54) is 42.1 Å². The first-order valence-electron chi connectivity index (χ1n) is 8.25. The van der Waals surface area contributed by atoms with Gasteiger partial charge < -0.3 is 9.84 Å². The number of halogens is 1. The molecule has 26 heavy (non-hydrogen) atoms. The molecule has 0 spiro atoms. The molecule has 7 heteroatoms. The van der Waals surface area contributed by atoms with Crippen LogP contribution in [0.15, 0.2) is 52.3 Å². The minimum atomic E-state index is -3.72. The van der Waals surface area contributed by atoms with Gasteiger partial charge in [-0.15, -0.1) is 11.8 Å². The summed E-state index contributed by atoms with van der Waals surface area (Å²) in [4.78, 5) is 0.871. The number of sulfone groups is 1. The van der Waals surface area contributed by atoms with Gasteiger partial charge in [-0.3, -0.25) is 0 Å². The van der Waals surface area contributed by atoms with Crippen LogP contribution in [0.2, 0.25) is 0 Å². The Bertz CT molecular complexity index is 914. The molecule has 2 unspecified atom stereocenters. The third-order valence-electron chi connectivity index (χ3n) is 4.90. The van der Waals surface area contributed by atoms with Crippen molar-refractivity contribution in [1.29, 1.82) is 0 Å². The van der Waals surface area contributed by atoms with Crippen LogP contribution in [-0.2, 0) is 14.6 Å². The number of ether oxygens (including phenoxy) is 1. The van der Waals surface area contributed by atoms with Crippen molar-refractivity contribution in [2.45, 2.75) is 40.4 Å². The van der Waals surface area contributed by atoms with Crippen LogP contribution in [0.4, 0.5) is 4.39 Å². The molecule has 4 nitrogen and oxygen atoms in total. The first kappa shape index (κ1) is 19.2. The van der Waals surface area contributed by atoms with Gasteiger partial charge in [0.2, 0.25) is 0 Å². The fraction of sp³-hybridized carbons (Fsp3) is 0.368. The van der Waals surface area contributed by atoms with E-state index in [-0.39, 0.29) is 29.5 Å². The number of phenols is 1. The summed E-state index contributed by atoms with van der Waals surface area (Å²) in [5.74, 6) is -0.488. The maximum Gasteiger partial charge on any atom is 0.184 e. The van der Waals surface area contributed by atoms with Gasteiger partial charge in [-0.1, -0.05) is 12.1 Å². The third kappa shape index (κ3) is 3.48. The Hall–Kier alpha value is -1.57. The van der Waals surface area contributed by atoms with Gasteiger partial charge in [-0.05, 0) is 56.4 Å². The smallest absolute Gasteiger partial charge is 0.184 e. The zero-order valence-electron chi connectivity index (χ0n) is 14.6. The van der Waals surface area contributed by atoms with Crippen LogP contribution >= 0.6 is 11.8 Å². The van der Waals surface area contributed by atoms with E-state index in [9.17, 15) is 17.9 Å².